The van der Waals surface area contributed by atoms with Gasteiger partial charge in [-0.05, 0) is 54.7 Å². The molecule has 0 unspecified atom stereocenters. The zero-order valence-electron chi connectivity index (χ0n) is 12.7. The van der Waals surface area contributed by atoms with Crippen molar-refractivity contribution in [1.82, 2.24) is 0 Å². The van der Waals surface area contributed by atoms with Crippen LogP contribution in [0.1, 0.15) is 40.9 Å². The van der Waals surface area contributed by atoms with Crippen molar-refractivity contribution in [2.24, 2.45) is 0 Å². The van der Waals surface area contributed by atoms with Crippen LogP contribution in [-0.4, -0.2) is 11.1 Å². The Morgan fingerprint density at radius 1 is 1.10 bits per heavy atom. The van der Waals surface area contributed by atoms with Crippen LogP contribution in [0.15, 0.2) is 36.4 Å². The molecule has 0 heterocycles. The van der Waals surface area contributed by atoms with Gasteiger partial charge in [0.15, 0.2) is 0 Å². The van der Waals surface area contributed by atoms with Gasteiger partial charge in [0, 0.05) is 11.4 Å². The molecule has 0 saturated heterocycles. The number of aromatic carboxylic acids is 1. The van der Waals surface area contributed by atoms with Crippen LogP contribution in [0.2, 0.25) is 0 Å². The lowest BCUT2D eigenvalue weighted by molar-refractivity contribution is 0.0697. The average Bonchev–Trinajstić information content (AvgIpc) is 2.49. The SMILES string of the molecule is CCc1cccc(CC)c1Nc1ccc(C(=O)O)cc1C. The van der Waals surface area contributed by atoms with Gasteiger partial charge in [-0.15, -0.1) is 0 Å². The van der Waals surface area contributed by atoms with Crippen molar-refractivity contribution in [1.29, 1.82) is 0 Å². The molecule has 0 aliphatic carbocycles. The molecule has 2 N–H and O–H groups in total. The van der Waals surface area contributed by atoms with Crippen molar-refractivity contribution >= 4 is 17.3 Å². The first-order valence-corrected chi connectivity index (χ1v) is 7.28. The summed E-state index contributed by atoms with van der Waals surface area (Å²) in [6.45, 7) is 6.20. The molecule has 3 nitrogen and oxygen atoms in total. The minimum absolute atomic E-state index is 0.317. The second-order valence-corrected chi connectivity index (χ2v) is 5.12. The third-order valence-electron chi connectivity index (χ3n) is 3.73. The smallest absolute Gasteiger partial charge is 0.335 e. The van der Waals surface area contributed by atoms with Gasteiger partial charge in [-0.2, -0.15) is 0 Å². The average molecular weight is 283 g/mol. The highest BCUT2D eigenvalue weighted by molar-refractivity contribution is 5.88. The van der Waals surface area contributed by atoms with E-state index >= 15 is 0 Å². The molecule has 3 heteroatoms. The van der Waals surface area contributed by atoms with Gasteiger partial charge in [-0.3, -0.25) is 0 Å². The van der Waals surface area contributed by atoms with Gasteiger partial charge in [0.25, 0.3) is 0 Å². The number of benzene rings is 2. The van der Waals surface area contributed by atoms with Crippen LogP contribution in [0.5, 0.6) is 0 Å². The lowest BCUT2D eigenvalue weighted by atomic mass is 10.0. The van der Waals surface area contributed by atoms with Gasteiger partial charge in [0.05, 0.1) is 5.56 Å². The number of hydrogen-bond acceptors (Lipinski definition) is 2. The van der Waals surface area contributed by atoms with Crippen LogP contribution in [0.25, 0.3) is 0 Å². The van der Waals surface area contributed by atoms with Crippen LogP contribution in [-0.2, 0) is 12.8 Å². The molecule has 2 aromatic rings. The Morgan fingerprint density at radius 2 is 1.71 bits per heavy atom. The first-order chi connectivity index (χ1) is 10.1. The monoisotopic (exact) mass is 283 g/mol. The molecule has 0 spiro atoms. The second kappa shape index (κ2) is 6.44. The number of aryl methyl sites for hydroxylation is 3. The van der Waals surface area contributed by atoms with E-state index in [1.807, 2.05) is 13.0 Å². The molecule has 0 radical (unpaired) electrons. The number of anilines is 2. The fourth-order valence-corrected chi connectivity index (χ4v) is 2.47. The quantitative estimate of drug-likeness (QED) is 0.845. The summed E-state index contributed by atoms with van der Waals surface area (Å²) in [5.74, 6) is -0.896. The summed E-state index contributed by atoms with van der Waals surface area (Å²) in [5.41, 5.74) is 5.90. The molecular weight excluding hydrogens is 262 g/mol. The summed E-state index contributed by atoms with van der Waals surface area (Å²) >= 11 is 0. The Morgan fingerprint density at radius 3 is 2.19 bits per heavy atom. The molecule has 2 aromatic carbocycles. The molecule has 0 aliphatic heterocycles. The first kappa shape index (κ1) is 15.1. The summed E-state index contributed by atoms with van der Waals surface area (Å²) in [5, 5.41) is 12.5. The molecule has 110 valence electrons. The predicted octanol–water partition coefficient (Wildman–Crippen LogP) is 4.56. The highest BCUT2D eigenvalue weighted by Gasteiger charge is 2.10. The molecule has 2 rings (SSSR count). The number of nitrogens with one attached hydrogen (secondary N) is 1. The fourth-order valence-electron chi connectivity index (χ4n) is 2.47. The highest BCUT2D eigenvalue weighted by atomic mass is 16.4. The third-order valence-corrected chi connectivity index (χ3v) is 3.73. The Labute approximate surface area is 125 Å². The maximum atomic E-state index is 11.0. The summed E-state index contributed by atoms with van der Waals surface area (Å²) in [6, 6.07) is 11.5. The molecule has 0 aliphatic rings. The van der Waals surface area contributed by atoms with Crippen molar-refractivity contribution in [2.75, 3.05) is 5.32 Å². The van der Waals surface area contributed by atoms with Gasteiger partial charge in [0.1, 0.15) is 0 Å². The van der Waals surface area contributed by atoms with E-state index in [9.17, 15) is 4.79 Å². The standard InChI is InChI=1S/C18H21NO2/c1-4-13-7-6-8-14(5-2)17(13)19-16-10-9-15(18(20)21)11-12(16)3/h6-11,19H,4-5H2,1-3H3,(H,20,21). The van der Waals surface area contributed by atoms with Gasteiger partial charge >= 0.3 is 5.97 Å². The number of carboxylic acid groups (broad SMARTS) is 1. The molecule has 0 amide bonds. The summed E-state index contributed by atoms with van der Waals surface area (Å²) in [6.07, 6.45) is 1.92. The number of para-hydroxylation sites is 1. The molecule has 21 heavy (non-hydrogen) atoms. The van der Waals surface area contributed by atoms with E-state index in [1.54, 1.807) is 12.1 Å². The molecule has 0 atom stereocenters. The fraction of sp³-hybridized carbons (Fsp3) is 0.278. The van der Waals surface area contributed by atoms with Gasteiger partial charge in [-0.25, -0.2) is 4.79 Å². The van der Waals surface area contributed by atoms with Crippen molar-refractivity contribution < 1.29 is 9.90 Å². The maximum absolute atomic E-state index is 11.0. The number of carbonyl (C=O) groups is 1. The minimum Gasteiger partial charge on any atom is -0.478 e. The van der Waals surface area contributed by atoms with E-state index in [1.165, 1.54) is 11.1 Å². The van der Waals surface area contributed by atoms with Crippen molar-refractivity contribution in [3.63, 3.8) is 0 Å². The summed E-state index contributed by atoms with van der Waals surface area (Å²) < 4.78 is 0. The van der Waals surface area contributed by atoms with Crippen LogP contribution in [0.4, 0.5) is 11.4 Å². The van der Waals surface area contributed by atoms with E-state index in [4.69, 9.17) is 5.11 Å². The number of rotatable bonds is 5. The normalized spacial score (nSPS) is 10.4. The second-order valence-electron chi connectivity index (χ2n) is 5.12. The Bertz CT molecular complexity index is 640. The zero-order valence-corrected chi connectivity index (χ0v) is 12.7. The minimum atomic E-state index is -0.896. The maximum Gasteiger partial charge on any atom is 0.335 e. The lowest BCUT2D eigenvalue weighted by Gasteiger charge is -2.17. The molecule has 0 bridgehead atoms. The molecule has 0 fully saturated rings. The van der Waals surface area contributed by atoms with E-state index < -0.39 is 5.97 Å². The van der Waals surface area contributed by atoms with Gasteiger partial charge in [0.2, 0.25) is 0 Å². The third kappa shape index (κ3) is 3.24. The summed E-state index contributed by atoms with van der Waals surface area (Å²) in [7, 11) is 0. The van der Waals surface area contributed by atoms with Crippen molar-refractivity contribution in [3.8, 4) is 0 Å². The first-order valence-electron chi connectivity index (χ1n) is 7.28. The van der Waals surface area contributed by atoms with E-state index in [-0.39, 0.29) is 0 Å². The van der Waals surface area contributed by atoms with Crippen LogP contribution in [0, 0.1) is 6.92 Å². The molecule has 0 aromatic heterocycles. The highest BCUT2D eigenvalue weighted by Crippen LogP contribution is 2.28. The number of carboxylic acids is 1. The van der Waals surface area contributed by atoms with Crippen LogP contribution in [0.3, 0.4) is 0 Å². The topological polar surface area (TPSA) is 49.3 Å². The van der Waals surface area contributed by atoms with Crippen LogP contribution >= 0.6 is 0 Å². The van der Waals surface area contributed by atoms with Gasteiger partial charge < -0.3 is 10.4 Å². The Hall–Kier alpha value is -2.29. The van der Waals surface area contributed by atoms with E-state index in [2.05, 4.69) is 37.4 Å². The Balaban J connectivity index is 2.40. The van der Waals surface area contributed by atoms with Crippen LogP contribution < -0.4 is 5.32 Å². The number of hydrogen-bond donors (Lipinski definition) is 2. The zero-order chi connectivity index (χ0) is 15.4. The van der Waals surface area contributed by atoms with Crippen molar-refractivity contribution in [2.45, 2.75) is 33.6 Å². The summed E-state index contributed by atoms with van der Waals surface area (Å²) in [4.78, 5) is 11.0. The lowest BCUT2D eigenvalue weighted by Crippen LogP contribution is -2.03. The predicted molar refractivity (Wildman–Crippen MR) is 86.6 cm³/mol. The van der Waals surface area contributed by atoms with Gasteiger partial charge in [-0.1, -0.05) is 32.0 Å². The van der Waals surface area contributed by atoms with E-state index in [0.29, 0.717) is 5.56 Å². The largest absolute Gasteiger partial charge is 0.478 e. The van der Waals surface area contributed by atoms with E-state index in [0.717, 1.165) is 29.8 Å². The van der Waals surface area contributed by atoms with Crippen molar-refractivity contribution in [3.05, 3.63) is 58.7 Å². The Kier molecular flexibility index (Phi) is 4.63. The molecular formula is C18H21NO2. The molecule has 0 saturated carbocycles.